The van der Waals surface area contributed by atoms with Crippen LogP contribution < -0.4 is 0 Å². The number of hydrogen-bond acceptors (Lipinski definition) is 1. The van der Waals surface area contributed by atoms with Crippen LogP contribution in [-0.4, -0.2) is 13.3 Å². The van der Waals surface area contributed by atoms with E-state index in [0.29, 0.717) is 5.92 Å². The number of allylic oxidation sites excluding steroid dienone is 3. The van der Waals surface area contributed by atoms with Crippen molar-refractivity contribution in [2.24, 2.45) is 4.99 Å². The van der Waals surface area contributed by atoms with Crippen LogP contribution in [0, 0.1) is 0 Å². The highest BCUT2D eigenvalue weighted by atomic mass is 14.6. The van der Waals surface area contributed by atoms with Gasteiger partial charge in [-0.2, -0.15) is 0 Å². The number of benzene rings is 1. The summed E-state index contributed by atoms with van der Waals surface area (Å²) in [6.07, 6.45) is 9.23. The topological polar surface area (TPSA) is 12.4 Å². The van der Waals surface area contributed by atoms with Gasteiger partial charge in [-0.25, -0.2) is 0 Å². The Bertz CT molecular complexity index is 433. The lowest BCUT2D eigenvalue weighted by atomic mass is 10.0. The van der Waals surface area contributed by atoms with E-state index >= 15 is 0 Å². The predicted molar refractivity (Wildman–Crippen MR) is 82.4 cm³/mol. The van der Waals surface area contributed by atoms with Crippen LogP contribution in [0.15, 0.2) is 47.0 Å². The predicted octanol–water partition coefficient (Wildman–Crippen LogP) is 4.86. The third-order valence-corrected chi connectivity index (χ3v) is 2.94. The van der Waals surface area contributed by atoms with Gasteiger partial charge in [-0.15, -0.1) is 0 Å². The zero-order chi connectivity index (χ0) is 13.4. The van der Waals surface area contributed by atoms with Gasteiger partial charge in [0, 0.05) is 13.3 Å². The van der Waals surface area contributed by atoms with Crippen molar-refractivity contribution in [2.45, 2.75) is 33.1 Å². The highest BCUT2D eigenvalue weighted by Gasteiger charge is 1.97. The van der Waals surface area contributed by atoms with Gasteiger partial charge in [0.2, 0.25) is 0 Å². The van der Waals surface area contributed by atoms with Gasteiger partial charge in [0.1, 0.15) is 0 Å². The second kappa shape index (κ2) is 7.65. The Morgan fingerprint density at radius 2 is 1.89 bits per heavy atom. The van der Waals surface area contributed by atoms with Crippen molar-refractivity contribution in [1.29, 1.82) is 0 Å². The molecule has 1 nitrogen and oxygen atoms in total. The van der Waals surface area contributed by atoms with Crippen LogP contribution >= 0.6 is 0 Å². The van der Waals surface area contributed by atoms with E-state index in [1.54, 1.807) is 7.05 Å². The van der Waals surface area contributed by atoms with Gasteiger partial charge in [0.25, 0.3) is 0 Å². The number of aliphatic imine (C=N–C) groups is 1. The molecule has 0 fully saturated rings. The normalized spacial score (nSPS) is 13.1. The molecule has 1 rings (SSSR count). The van der Waals surface area contributed by atoms with Crippen molar-refractivity contribution in [3.63, 3.8) is 0 Å². The SMILES string of the molecule is CCC(/C=C/c1ccc(C(C)C)cc1)=C\C=NC. The summed E-state index contributed by atoms with van der Waals surface area (Å²) in [5.74, 6) is 0.592. The van der Waals surface area contributed by atoms with E-state index in [1.807, 2.05) is 6.21 Å². The largest absolute Gasteiger partial charge is 0.297 e. The second-order valence-corrected chi connectivity index (χ2v) is 4.66. The first kappa shape index (κ1) is 14.4. The molecule has 0 heterocycles. The van der Waals surface area contributed by atoms with Gasteiger partial charge in [0.05, 0.1) is 0 Å². The van der Waals surface area contributed by atoms with Crippen LogP contribution in [0.3, 0.4) is 0 Å². The smallest absolute Gasteiger partial charge is 0.0277 e. The fourth-order valence-corrected chi connectivity index (χ4v) is 1.66. The van der Waals surface area contributed by atoms with Crippen LogP contribution in [-0.2, 0) is 0 Å². The maximum atomic E-state index is 3.97. The molecule has 0 aromatic heterocycles. The number of nitrogens with zero attached hydrogens (tertiary/aromatic N) is 1. The van der Waals surface area contributed by atoms with Crippen molar-refractivity contribution in [1.82, 2.24) is 0 Å². The summed E-state index contributed by atoms with van der Waals surface area (Å²) >= 11 is 0. The monoisotopic (exact) mass is 241 g/mol. The van der Waals surface area contributed by atoms with E-state index in [4.69, 9.17) is 0 Å². The number of hydrogen-bond donors (Lipinski definition) is 0. The average molecular weight is 241 g/mol. The molecule has 0 radical (unpaired) electrons. The molecule has 18 heavy (non-hydrogen) atoms. The Morgan fingerprint density at radius 3 is 2.39 bits per heavy atom. The number of rotatable bonds is 5. The lowest BCUT2D eigenvalue weighted by Gasteiger charge is -2.04. The molecular formula is C17H23N. The van der Waals surface area contributed by atoms with E-state index in [-0.39, 0.29) is 0 Å². The molecule has 0 spiro atoms. The first-order valence-electron chi connectivity index (χ1n) is 6.56. The first-order chi connectivity index (χ1) is 8.67. The van der Waals surface area contributed by atoms with Crippen LogP contribution in [0.4, 0.5) is 0 Å². The molecular weight excluding hydrogens is 218 g/mol. The molecule has 0 amide bonds. The second-order valence-electron chi connectivity index (χ2n) is 4.66. The summed E-state index contributed by atoms with van der Waals surface area (Å²) in [7, 11) is 1.79. The molecule has 0 aliphatic rings. The van der Waals surface area contributed by atoms with Gasteiger partial charge in [0.15, 0.2) is 0 Å². The minimum atomic E-state index is 0.592. The van der Waals surface area contributed by atoms with Crippen molar-refractivity contribution in [3.05, 3.63) is 53.1 Å². The third-order valence-electron chi connectivity index (χ3n) is 2.94. The van der Waals surface area contributed by atoms with Crippen molar-refractivity contribution in [2.75, 3.05) is 7.05 Å². The summed E-state index contributed by atoms with van der Waals surface area (Å²) in [6, 6.07) is 8.75. The molecule has 0 N–H and O–H groups in total. The Balaban J connectivity index is 2.77. The molecule has 0 bridgehead atoms. The molecule has 0 unspecified atom stereocenters. The Morgan fingerprint density at radius 1 is 1.22 bits per heavy atom. The quantitative estimate of drug-likeness (QED) is 0.515. The van der Waals surface area contributed by atoms with E-state index in [0.717, 1.165) is 6.42 Å². The fourth-order valence-electron chi connectivity index (χ4n) is 1.66. The maximum absolute atomic E-state index is 3.97. The lowest BCUT2D eigenvalue weighted by molar-refractivity contribution is 0.866. The summed E-state index contributed by atoms with van der Waals surface area (Å²) in [4.78, 5) is 3.97. The lowest BCUT2D eigenvalue weighted by Crippen LogP contribution is -1.86. The Hall–Kier alpha value is -1.63. The van der Waals surface area contributed by atoms with Crippen molar-refractivity contribution in [3.8, 4) is 0 Å². The molecule has 1 aromatic rings. The summed E-state index contributed by atoms with van der Waals surface area (Å²) in [6.45, 7) is 6.58. The zero-order valence-corrected chi connectivity index (χ0v) is 11.9. The first-order valence-corrected chi connectivity index (χ1v) is 6.56. The van der Waals surface area contributed by atoms with E-state index in [1.165, 1.54) is 16.7 Å². The minimum Gasteiger partial charge on any atom is -0.297 e. The molecule has 0 aliphatic carbocycles. The molecule has 1 aromatic carbocycles. The molecule has 1 heteroatoms. The molecule has 0 saturated carbocycles. The van der Waals surface area contributed by atoms with Crippen LogP contribution in [0.25, 0.3) is 6.08 Å². The molecule has 96 valence electrons. The fraction of sp³-hybridized carbons (Fsp3) is 0.353. The highest BCUT2D eigenvalue weighted by Crippen LogP contribution is 2.16. The van der Waals surface area contributed by atoms with Crippen molar-refractivity contribution < 1.29 is 0 Å². The van der Waals surface area contributed by atoms with E-state index in [9.17, 15) is 0 Å². The zero-order valence-electron chi connectivity index (χ0n) is 11.9. The van der Waals surface area contributed by atoms with Crippen LogP contribution in [0.5, 0.6) is 0 Å². The van der Waals surface area contributed by atoms with Gasteiger partial charge in [-0.1, -0.05) is 57.2 Å². The van der Waals surface area contributed by atoms with E-state index in [2.05, 4.69) is 68.3 Å². The van der Waals surface area contributed by atoms with E-state index < -0.39 is 0 Å². The maximum Gasteiger partial charge on any atom is 0.0277 e. The molecule has 0 aliphatic heterocycles. The summed E-state index contributed by atoms with van der Waals surface area (Å²) < 4.78 is 0. The third kappa shape index (κ3) is 4.70. The van der Waals surface area contributed by atoms with Gasteiger partial charge < -0.3 is 0 Å². The van der Waals surface area contributed by atoms with Gasteiger partial charge >= 0.3 is 0 Å². The standard InChI is InChI=1S/C17H23N/c1-5-15(12-13-18-4)6-7-16-8-10-17(11-9-16)14(2)3/h6-14H,5H2,1-4H3/b7-6+,15-12+,18-13?. The Labute approximate surface area is 111 Å². The molecule has 0 atom stereocenters. The van der Waals surface area contributed by atoms with Crippen LogP contribution in [0.2, 0.25) is 0 Å². The minimum absolute atomic E-state index is 0.592. The van der Waals surface area contributed by atoms with Crippen molar-refractivity contribution >= 4 is 12.3 Å². The molecule has 0 saturated heterocycles. The summed E-state index contributed by atoms with van der Waals surface area (Å²) in [5, 5.41) is 0. The van der Waals surface area contributed by atoms with Gasteiger partial charge in [-0.05, 0) is 35.1 Å². The Kier molecular flexibility index (Phi) is 6.13. The average Bonchev–Trinajstić information content (AvgIpc) is 2.39. The van der Waals surface area contributed by atoms with Gasteiger partial charge in [-0.3, -0.25) is 4.99 Å². The summed E-state index contributed by atoms with van der Waals surface area (Å²) in [5.41, 5.74) is 3.91. The highest BCUT2D eigenvalue weighted by molar-refractivity contribution is 5.73. The van der Waals surface area contributed by atoms with Crippen LogP contribution in [0.1, 0.15) is 44.2 Å².